The van der Waals surface area contributed by atoms with Crippen molar-refractivity contribution < 1.29 is 28.7 Å². The molecule has 1 saturated heterocycles. The Morgan fingerprint density at radius 1 is 0.629 bits per heavy atom. The summed E-state index contributed by atoms with van der Waals surface area (Å²) < 4.78 is 19.0. The Kier molecular flexibility index (Phi) is 12.2. The number of ether oxygens (including phenoxy) is 2. The van der Waals surface area contributed by atoms with Gasteiger partial charge in [-0.05, 0) is 41.0 Å². The minimum atomic E-state index is -4.64. The van der Waals surface area contributed by atoms with E-state index in [-0.39, 0.29) is 0 Å². The van der Waals surface area contributed by atoms with Crippen LogP contribution in [0.2, 0.25) is 0 Å². The number of para-hydroxylation sites is 2. The van der Waals surface area contributed by atoms with E-state index >= 15 is 0 Å². The molecular weight excluding hydrogens is 463 g/mol. The van der Waals surface area contributed by atoms with Crippen LogP contribution in [0.3, 0.4) is 0 Å². The minimum Gasteiger partial charge on any atom is -0.457 e. The van der Waals surface area contributed by atoms with Crippen molar-refractivity contribution in [3.8, 4) is 11.5 Å². The number of benzene rings is 4. The third kappa shape index (κ3) is 14.4. The van der Waals surface area contributed by atoms with Crippen LogP contribution in [0.4, 0.5) is 0 Å². The molecule has 0 bridgehead atoms. The Morgan fingerprint density at radius 2 is 0.886 bits per heavy atom. The molecule has 182 valence electrons. The minimum absolute atomic E-state index is 0.869. The van der Waals surface area contributed by atoms with Crippen LogP contribution in [-0.2, 0) is 9.30 Å². The lowest BCUT2D eigenvalue weighted by atomic mass is 10.0. The van der Waals surface area contributed by atoms with Crippen molar-refractivity contribution in [1.29, 1.82) is 0 Å². The van der Waals surface area contributed by atoms with Crippen LogP contribution >= 0.6 is 7.82 Å². The number of rotatable bonds is 4. The fourth-order valence-electron chi connectivity index (χ4n) is 2.56. The lowest BCUT2D eigenvalue weighted by Crippen LogP contribution is -1.84. The van der Waals surface area contributed by atoms with Gasteiger partial charge in [-0.25, -0.2) is 4.57 Å². The van der Waals surface area contributed by atoms with Crippen molar-refractivity contribution in [2.45, 2.75) is 0 Å². The average Bonchev–Trinajstić information content (AvgIpc) is 3.75. The van der Waals surface area contributed by atoms with Crippen molar-refractivity contribution in [2.75, 3.05) is 13.2 Å². The summed E-state index contributed by atoms with van der Waals surface area (Å²) in [4.78, 5) is 21.6. The van der Waals surface area contributed by atoms with Gasteiger partial charge in [-0.1, -0.05) is 104 Å². The summed E-state index contributed by atoms with van der Waals surface area (Å²) in [7, 11) is -4.64. The van der Waals surface area contributed by atoms with Gasteiger partial charge in [0.15, 0.2) is 0 Å². The number of phosphoric acid groups is 1. The first-order valence-corrected chi connectivity index (χ1v) is 12.3. The predicted octanol–water partition coefficient (Wildman–Crippen LogP) is 6.32. The molecule has 35 heavy (non-hydrogen) atoms. The van der Waals surface area contributed by atoms with E-state index in [1.807, 2.05) is 97.1 Å². The van der Waals surface area contributed by atoms with Crippen molar-refractivity contribution in [3.05, 3.63) is 139 Å². The second kappa shape index (κ2) is 15.4. The molecule has 1 fully saturated rings. The van der Waals surface area contributed by atoms with Crippen LogP contribution in [0, 0.1) is 0 Å². The standard InChI is InChI=1S/C14H12.C12H10O.C2H4O.H3O4P/c1-12(13-8-4-2-5-9-13)14-10-6-3-7-11-14;1-3-7-11(8-4-1)13-12-9-5-2-6-10-12;1-2-3-1;1-5(2,3)4/h2-11H,1H2;1-10H;1-2H2;(H3,1,2,3,4). The van der Waals surface area contributed by atoms with Crippen LogP contribution in [0.5, 0.6) is 11.5 Å². The van der Waals surface area contributed by atoms with Crippen molar-refractivity contribution in [3.63, 3.8) is 0 Å². The van der Waals surface area contributed by atoms with E-state index in [4.69, 9.17) is 24.0 Å². The Balaban J connectivity index is 0.000000189. The van der Waals surface area contributed by atoms with E-state index in [1.54, 1.807) is 0 Å². The zero-order valence-corrected chi connectivity index (χ0v) is 20.1. The highest BCUT2D eigenvalue weighted by Crippen LogP contribution is 2.26. The second-order valence-corrected chi connectivity index (χ2v) is 8.09. The van der Waals surface area contributed by atoms with E-state index in [1.165, 1.54) is 11.1 Å². The number of hydrogen-bond acceptors (Lipinski definition) is 3. The highest BCUT2D eigenvalue weighted by atomic mass is 31.2. The summed E-state index contributed by atoms with van der Waals surface area (Å²) in [5.74, 6) is 1.74. The molecule has 4 aromatic carbocycles. The number of epoxide rings is 1. The van der Waals surface area contributed by atoms with Crippen molar-refractivity contribution in [2.24, 2.45) is 0 Å². The average molecular weight is 493 g/mol. The molecule has 0 unspecified atom stereocenters. The lowest BCUT2D eigenvalue weighted by molar-refractivity contribution is 0.275. The summed E-state index contributed by atoms with van der Waals surface area (Å²) in [6.45, 7) is 6.10. The maximum absolute atomic E-state index is 8.88. The smallest absolute Gasteiger partial charge is 0.457 e. The van der Waals surface area contributed by atoms with Gasteiger partial charge >= 0.3 is 7.82 Å². The molecule has 0 aliphatic carbocycles. The maximum Gasteiger partial charge on any atom is 0.466 e. The Hall–Kier alpha value is -3.51. The van der Waals surface area contributed by atoms with E-state index in [2.05, 4.69) is 35.6 Å². The summed E-state index contributed by atoms with van der Waals surface area (Å²) >= 11 is 0. The molecule has 6 nitrogen and oxygen atoms in total. The largest absolute Gasteiger partial charge is 0.466 e. The van der Waals surface area contributed by atoms with Gasteiger partial charge in [-0.15, -0.1) is 0 Å². The van der Waals surface area contributed by atoms with Gasteiger partial charge in [0.1, 0.15) is 11.5 Å². The molecule has 1 aliphatic heterocycles. The second-order valence-electron chi connectivity index (χ2n) is 7.06. The first-order chi connectivity index (χ1) is 16.8. The zero-order valence-electron chi connectivity index (χ0n) is 19.2. The Labute approximate surface area is 206 Å². The third-order valence-corrected chi connectivity index (χ3v) is 4.17. The van der Waals surface area contributed by atoms with Gasteiger partial charge in [0.2, 0.25) is 0 Å². The van der Waals surface area contributed by atoms with Crippen LogP contribution < -0.4 is 4.74 Å². The molecule has 4 aromatic rings. The predicted molar refractivity (Wildman–Crippen MR) is 139 cm³/mol. The highest BCUT2D eigenvalue weighted by Gasteiger charge is 2.00. The molecule has 0 radical (unpaired) electrons. The Bertz CT molecular complexity index is 1060. The van der Waals surface area contributed by atoms with Crippen LogP contribution in [0.1, 0.15) is 11.1 Å². The molecule has 0 saturated carbocycles. The third-order valence-electron chi connectivity index (χ3n) is 4.17. The molecule has 1 heterocycles. The van der Waals surface area contributed by atoms with Crippen molar-refractivity contribution in [1.82, 2.24) is 0 Å². The summed E-state index contributed by atoms with van der Waals surface area (Å²) in [6, 6.07) is 40.0. The van der Waals surface area contributed by atoms with E-state index < -0.39 is 7.82 Å². The summed E-state index contributed by atoms with van der Waals surface area (Å²) in [5.41, 5.74) is 3.43. The number of hydrogen-bond donors (Lipinski definition) is 3. The lowest BCUT2D eigenvalue weighted by Gasteiger charge is -2.04. The SMILES string of the molecule is C1CO1.C=C(c1ccccc1)c1ccccc1.O=P(O)(O)O.c1ccc(Oc2ccccc2)cc1. The fourth-order valence-corrected chi connectivity index (χ4v) is 2.56. The molecular formula is C28H29O6P. The van der Waals surface area contributed by atoms with Gasteiger partial charge in [0.25, 0.3) is 0 Å². The van der Waals surface area contributed by atoms with Crippen LogP contribution in [0.25, 0.3) is 5.57 Å². The van der Waals surface area contributed by atoms with Crippen LogP contribution in [0.15, 0.2) is 128 Å². The van der Waals surface area contributed by atoms with E-state index in [9.17, 15) is 0 Å². The molecule has 3 N–H and O–H groups in total. The van der Waals surface area contributed by atoms with E-state index in [0.717, 1.165) is 30.3 Å². The normalized spacial score (nSPS) is 11.2. The molecule has 5 rings (SSSR count). The molecule has 1 aliphatic rings. The quantitative estimate of drug-likeness (QED) is 0.228. The zero-order chi connectivity index (χ0) is 25.4. The highest BCUT2D eigenvalue weighted by molar-refractivity contribution is 7.45. The molecule has 0 amide bonds. The topological polar surface area (TPSA) is 99.5 Å². The molecule has 0 atom stereocenters. The van der Waals surface area contributed by atoms with Crippen molar-refractivity contribution >= 4 is 13.4 Å². The summed E-state index contributed by atoms with van der Waals surface area (Å²) in [6.07, 6.45) is 0. The van der Waals surface area contributed by atoms with Gasteiger partial charge < -0.3 is 24.2 Å². The molecule has 0 spiro atoms. The van der Waals surface area contributed by atoms with Gasteiger partial charge in [0.05, 0.1) is 13.2 Å². The first-order valence-electron chi connectivity index (χ1n) is 10.8. The summed E-state index contributed by atoms with van der Waals surface area (Å²) in [5, 5.41) is 0. The van der Waals surface area contributed by atoms with Gasteiger partial charge in [-0.3, -0.25) is 0 Å². The monoisotopic (exact) mass is 492 g/mol. The van der Waals surface area contributed by atoms with Gasteiger partial charge in [0, 0.05) is 0 Å². The molecule has 0 aromatic heterocycles. The molecule has 7 heteroatoms. The fraction of sp³-hybridized carbons (Fsp3) is 0.0714. The van der Waals surface area contributed by atoms with E-state index in [0.29, 0.717) is 0 Å². The maximum atomic E-state index is 8.88. The van der Waals surface area contributed by atoms with Crippen LogP contribution in [-0.4, -0.2) is 27.9 Å². The first kappa shape index (κ1) is 27.7. The Morgan fingerprint density at radius 3 is 1.14 bits per heavy atom. The van der Waals surface area contributed by atoms with Gasteiger partial charge in [-0.2, -0.15) is 0 Å².